The van der Waals surface area contributed by atoms with Gasteiger partial charge in [-0.1, -0.05) is 36.8 Å². The average molecular weight is 588 g/mol. The molecule has 1 aromatic heterocycles. The molecule has 1 amide bonds. The number of halogens is 4. The van der Waals surface area contributed by atoms with Gasteiger partial charge in [0.1, 0.15) is 5.54 Å². The van der Waals surface area contributed by atoms with Gasteiger partial charge in [0, 0.05) is 24.6 Å². The number of alkyl halides is 3. The van der Waals surface area contributed by atoms with Gasteiger partial charge in [0.15, 0.2) is 17.1 Å². The summed E-state index contributed by atoms with van der Waals surface area (Å²) in [6.07, 6.45) is 5.19. The number of likely N-dealkylation sites (tertiary alicyclic amines) is 1. The molecular formula is C29H33F4N7O2. The molecule has 3 unspecified atom stereocenters. The minimum absolute atomic E-state index is 0.123. The maximum atomic E-state index is 15.2. The highest BCUT2D eigenvalue weighted by Crippen LogP contribution is 2.48. The number of hydrogen-bond acceptors (Lipinski definition) is 8. The molecule has 1 aromatic carbocycles. The number of amides is 1. The minimum atomic E-state index is -4.67. The molecule has 13 heteroatoms. The molecule has 3 aliphatic rings. The molecule has 2 aromatic rings. The Morgan fingerprint density at radius 1 is 1.24 bits per heavy atom. The maximum Gasteiger partial charge on any atom is 0.410 e. The van der Waals surface area contributed by atoms with Crippen LogP contribution in [0.5, 0.6) is 5.75 Å². The first-order valence-electron chi connectivity index (χ1n) is 13.7. The third kappa shape index (κ3) is 5.45. The number of benzene rings is 1. The number of aromatic nitrogens is 2. The molecule has 3 atom stereocenters. The fraction of sp³-hybridized carbons (Fsp3) is 0.414. The van der Waals surface area contributed by atoms with E-state index in [-0.39, 0.29) is 36.2 Å². The lowest BCUT2D eigenvalue weighted by atomic mass is 9.73. The van der Waals surface area contributed by atoms with Crippen LogP contribution in [0.4, 0.5) is 17.6 Å². The van der Waals surface area contributed by atoms with Crippen molar-refractivity contribution in [2.75, 3.05) is 26.7 Å². The number of hydrogen-bond donors (Lipinski definition) is 3. The molecule has 0 saturated carbocycles. The summed E-state index contributed by atoms with van der Waals surface area (Å²) in [5, 5.41) is 15.0. The Bertz CT molecular complexity index is 1380. The Labute approximate surface area is 241 Å². The molecule has 1 fully saturated rings. The predicted octanol–water partition coefficient (Wildman–Crippen LogP) is 3.30. The van der Waals surface area contributed by atoms with E-state index in [1.807, 2.05) is 0 Å². The van der Waals surface area contributed by atoms with Crippen LogP contribution in [0.3, 0.4) is 0 Å². The maximum absolute atomic E-state index is 15.2. The van der Waals surface area contributed by atoms with Crippen LogP contribution in [0.15, 0.2) is 72.7 Å². The number of nitrogens with zero attached hydrogens (tertiary/aromatic N) is 4. The monoisotopic (exact) mass is 587 g/mol. The van der Waals surface area contributed by atoms with Gasteiger partial charge < -0.3 is 21.2 Å². The summed E-state index contributed by atoms with van der Waals surface area (Å²) in [7, 11) is 1.72. The Kier molecular flexibility index (Phi) is 8.24. The Morgan fingerprint density at radius 2 is 2.05 bits per heavy atom. The van der Waals surface area contributed by atoms with E-state index in [4.69, 9.17) is 10.6 Å². The molecule has 0 bridgehead atoms. The van der Waals surface area contributed by atoms with Crippen molar-refractivity contribution >= 4 is 11.6 Å². The number of carbonyl (C=O) groups excluding carboxylic acids is 1. The number of carbonyl (C=O) groups is 1. The van der Waals surface area contributed by atoms with Crippen LogP contribution in [-0.4, -0.2) is 76.0 Å². The van der Waals surface area contributed by atoms with E-state index < -0.39 is 35.4 Å². The first-order chi connectivity index (χ1) is 20.1. The van der Waals surface area contributed by atoms with Crippen LogP contribution >= 0.6 is 0 Å². The second-order valence-electron chi connectivity index (χ2n) is 10.7. The van der Waals surface area contributed by atoms with Crippen molar-refractivity contribution < 1.29 is 27.2 Å². The lowest BCUT2D eigenvalue weighted by Crippen LogP contribution is -2.68. The highest BCUT2D eigenvalue weighted by molar-refractivity contribution is 5.92. The molecule has 0 spiro atoms. The summed E-state index contributed by atoms with van der Waals surface area (Å²) in [6.45, 7) is 0.305. The second-order valence-corrected chi connectivity index (χ2v) is 10.7. The molecule has 9 nitrogen and oxygen atoms in total. The summed E-state index contributed by atoms with van der Waals surface area (Å²) >= 11 is 0. The highest BCUT2D eigenvalue weighted by Gasteiger charge is 2.61. The molecule has 4 N–H and O–H groups in total. The fourth-order valence-electron chi connectivity index (χ4n) is 6.06. The van der Waals surface area contributed by atoms with Crippen LogP contribution in [0.25, 0.3) is 5.70 Å². The van der Waals surface area contributed by atoms with Gasteiger partial charge in [-0.15, -0.1) is 0 Å². The smallest absolute Gasteiger partial charge is 0.377 e. The first-order valence-corrected chi connectivity index (χ1v) is 13.7. The predicted molar refractivity (Wildman–Crippen MR) is 148 cm³/mol. The lowest BCUT2D eigenvalue weighted by Gasteiger charge is -2.52. The SMILES string of the molecule is CNCC1CCCCN1C1(C(F)(F)F)C=CC=C(C2(C(N)=O)CN(Oc3ccccc3F)C=C(c3ccnnc3)N2)C1. The number of likely N-dealkylation sites (N-methyl/N-ethyl adjacent to an activating group) is 1. The van der Waals surface area contributed by atoms with Gasteiger partial charge in [-0.3, -0.25) is 9.69 Å². The molecule has 42 heavy (non-hydrogen) atoms. The van der Waals surface area contributed by atoms with E-state index in [2.05, 4.69) is 20.8 Å². The van der Waals surface area contributed by atoms with Gasteiger partial charge in [0.2, 0.25) is 5.91 Å². The van der Waals surface area contributed by atoms with Gasteiger partial charge in [0.25, 0.3) is 0 Å². The van der Waals surface area contributed by atoms with Crippen LogP contribution < -0.4 is 21.2 Å². The first kappa shape index (κ1) is 29.5. The number of allylic oxidation sites excluding steroid dienone is 2. The van der Waals surface area contributed by atoms with Crippen LogP contribution in [0.2, 0.25) is 0 Å². The molecular weight excluding hydrogens is 554 g/mol. The summed E-state index contributed by atoms with van der Waals surface area (Å²) in [6, 6.07) is 6.93. The summed E-state index contributed by atoms with van der Waals surface area (Å²) in [4.78, 5) is 20.7. The van der Waals surface area contributed by atoms with E-state index >= 15 is 13.2 Å². The minimum Gasteiger partial charge on any atom is -0.377 e. The van der Waals surface area contributed by atoms with Crippen molar-refractivity contribution in [2.45, 2.75) is 49.0 Å². The molecule has 3 heterocycles. The number of nitrogens with two attached hydrogens (primary N) is 1. The summed E-state index contributed by atoms with van der Waals surface area (Å²) < 4.78 is 60.2. The number of piperidine rings is 1. The van der Waals surface area contributed by atoms with Crippen molar-refractivity contribution in [1.29, 1.82) is 0 Å². The van der Waals surface area contributed by atoms with Gasteiger partial charge in [-0.25, -0.2) is 9.45 Å². The van der Waals surface area contributed by atoms with Crippen molar-refractivity contribution in [2.24, 2.45) is 5.73 Å². The van der Waals surface area contributed by atoms with Crippen LogP contribution in [0, 0.1) is 5.82 Å². The average Bonchev–Trinajstić information content (AvgIpc) is 2.98. The van der Waals surface area contributed by atoms with E-state index in [1.54, 1.807) is 19.2 Å². The third-order valence-corrected chi connectivity index (χ3v) is 8.13. The van der Waals surface area contributed by atoms with Gasteiger partial charge >= 0.3 is 6.18 Å². The summed E-state index contributed by atoms with van der Waals surface area (Å²) in [5.41, 5.74) is 2.67. The summed E-state index contributed by atoms with van der Waals surface area (Å²) in [5.74, 6) is -1.70. The molecule has 1 saturated heterocycles. The molecule has 224 valence electrons. The number of nitrogens with one attached hydrogen (secondary N) is 2. The van der Waals surface area contributed by atoms with Gasteiger partial charge in [0.05, 0.1) is 30.8 Å². The number of primary amides is 1. The van der Waals surface area contributed by atoms with E-state index in [9.17, 15) is 9.18 Å². The fourth-order valence-corrected chi connectivity index (χ4v) is 6.06. The zero-order chi connectivity index (χ0) is 30.0. The van der Waals surface area contributed by atoms with Crippen molar-refractivity contribution in [3.05, 3.63) is 84.1 Å². The van der Waals surface area contributed by atoms with E-state index in [1.165, 1.54) is 65.0 Å². The largest absolute Gasteiger partial charge is 0.410 e. The normalized spacial score (nSPS) is 26.7. The number of rotatable bonds is 8. The third-order valence-electron chi connectivity index (χ3n) is 8.13. The van der Waals surface area contributed by atoms with Gasteiger partial charge in [-0.2, -0.15) is 23.4 Å². The van der Waals surface area contributed by atoms with Crippen molar-refractivity contribution in [3.8, 4) is 5.75 Å². The standard InChI is InChI=1S/C29H33F4N7O2/c1-35-17-22-8-4-5-14-40(22)27(29(31,32)33)12-6-7-21(15-27)28(26(34)41)19-39(42-25-10-3-2-9-23(25)30)18-24(38-28)20-11-13-36-37-16-20/h2-3,6-7,9-13,16,18,22,35,38H,4-5,8,14-15,17,19H2,1H3,(H2,34,41). The quantitative estimate of drug-likeness (QED) is 0.404. The molecule has 5 rings (SSSR count). The second kappa shape index (κ2) is 11.7. The zero-order valence-corrected chi connectivity index (χ0v) is 23.1. The molecule has 0 radical (unpaired) electrons. The zero-order valence-electron chi connectivity index (χ0n) is 23.1. The van der Waals surface area contributed by atoms with Crippen molar-refractivity contribution in [3.63, 3.8) is 0 Å². The van der Waals surface area contributed by atoms with Crippen molar-refractivity contribution in [1.82, 2.24) is 30.8 Å². The van der Waals surface area contributed by atoms with Crippen LogP contribution in [-0.2, 0) is 4.79 Å². The van der Waals surface area contributed by atoms with Crippen LogP contribution in [0.1, 0.15) is 31.2 Å². The molecule has 2 aliphatic heterocycles. The number of para-hydroxylation sites is 1. The number of hydroxylamine groups is 2. The van der Waals surface area contributed by atoms with Gasteiger partial charge in [-0.05, 0) is 50.2 Å². The Hall–Kier alpha value is -3.97. The Morgan fingerprint density at radius 3 is 2.74 bits per heavy atom. The topological polar surface area (TPSA) is 109 Å². The van der Waals surface area contributed by atoms with E-state index in [0.717, 1.165) is 6.42 Å². The molecule has 1 aliphatic carbocycles. The highest BCUT2D eigenvalue weighted by atomic mass is 19.4. The van der Waals surface area contributed by atoms with E-state index in [0.29, 0.717) is 24.9 Å². The Balaban J connectivity index is 1.58. The lowest BCUT2D eigenvalue weighted by molar-refractivity contribution is -0.225.